The fourth-order valence-electron chi connectivity index (χ4n) is 3.79. The number of aryl methyl sites for hydroxylation is 1. The molecule has 1 radical (unpaired) electrons. The van der Waals surface area contributed by atoms with Crippen molar-refractivity contribution >= 4 is 31.5 Å². The molecule has 2 nitrogen and oxygen atoms in total. The monoisotopic (exact) mass is 635 g/mol. The molecule has 3 aromatic heterocycles. The maximum Gasteiger partial charge on any atom is 0.0239 e. The van der Waals surface area contributed by atoms with Crippen LogP contribution in [0.4, 0.5) is 0 Å². The minimum absolute atomic E-state index is 0. The van der Waals surface area contributed by atoms with E-state index < -0.39 is 0 Å². The molecule has 0 N–H and O–H groups in total. The van der Waals surface area contributed by atoms with Gasteiger partial charge in [0.15, 0.2) is 0 Å². The van der Waals surface area contributed by atoms with Crippen LogP contribution in [-0.2, 0) is 26.5 Å². The summed E-state index contributed by atoms with van der Waals surface area (Å²) in [6, 6.07) is 37.2. The van der Waals surface area contributed by atoms with Crippen LogP contribution in [0, 0.1) is 12.1 Å². The van der Waals surface area contributed by atoms with E-state index in [0.717, 1.165) is 28.9 Å². The molecule has 0 saturated heterocycles. The molecule has 0 aliphatic carbocycles. The van der Waals surface area contributed by atoms with Gasteiger partial charge in [0, 0.05) is 37.2 Å². The zero-order chi connectivity index (χ0) is 22.5. The van der Waals surface area contributed by atoms with Crippen molar-refractivity contribution in [1.29, 1.82) is 0 Å². The molecule has 0 bridgehead atoms. The molecule has 0 aliphatic rings. The van der Waals surface area contributed by atoms with Gasteiger partial charge >= 0.3 is 0 Å². The van der Waals surface area contributed by atoms with E-state index in [1.165, 1.54) is 25.7 Å². The Morgan fingerprint density at radius 2 is 1.56 bits per heavy atom. The second-order valence-electron chi connectivity index (χ2n) is 7.59. The fourth-order valence-corrected chi connectivity index (χ4v) is 4.99. The van der Waals surface area contributed by atoms with Crippen LogP contribution in [0.1, 0.15) is 12.5 Å². The topological polar surface area (TPSA) is 25.8 Å². The largest absolute Gasteiger partial charge is 0.305 e. The fraction of sp³-hybridized carbons (Fsp3) is 0.0667. The number of hydrogen-bond acceptors (Lipinski definition) is 3. The van der Waals surface area contributed by atoms with Gasteiger partial charge in [-0.2, -0.15) is 11.3 Å². The van der Waals surface area contributed by atoms with Crippen LogP contribution < -0.4 is 0 Å². The number of aromatic nitrogens is 2. The SMILES string of the molecule is CCc1ccnc(-c2[c-]ccc3c2sc2ccccc23)c1.[Ir].[c-]1ccccc1-c1ccccn1. The van der Waals surface area contributed by atoms with E-state index in [4.69, 9.17) is 0 Å². The first kappa shape index (κ1) is 24.0. The molecular weight excluding hydrogens is 613 g/mol. The van der Waals surface area contributed by atoms with E-state index in [2.05, 4.69) is 71.5 Å². The van der Waals surface area contributed by atoms with Crippen molar-refractivity contribution in [3.63, 3.8) is 0 Å². The van der Waals surface area contributed by atoms with E-state index >= 15 is 0 Å². The quantitative estimate of drug-likeness (QED) is 0.184. The van der Waals surface area contributed by atoms with E-state index in [0.29, 0.717) is 0 Å². The summed E-state index contributed by atoms with van der Waals surface area (Å²) < 4.78 is 2.60. The van der Waals surface area contributed by atoms with Crippen LogP contribution in [0.2, 0.25) is 0 Å². The minimum atomic E-state index is 0. The van der Waals surface area contributed by atoms with Gasteiger partial charge in [-0.15, -0.1) is 59.7 Å². The van der Waals surface area contributed by atoms with Crippen LogP contribution in [0.5, 0.6) is 0 Å². The molecule has 0 aliphatic heterocycles. The molecule has 169 valence electrons. The summed E-state index contributed by atoms with van der Waals surface area (Å²) in [6.07, 6.45) is 4.71. The van der Waals surface area contributed by atoms with Crippen LogP contribution in [0.25, 0.3) is 42.7 Å². The summed E-state index contributed by atoms with van der Waals surface area (Å²) in [5.74, 6) is 0. The second-order valence-corrected chi connectivity index (χ2v) is 8.64. The molecular formula is C30H22IrN2S-2. The van der Waals surface area contributed by atoms with Crippen molar-refractivity contribution in [2.24, 2.45) is 0 Å². The van der Waals surface area contributed by atoms with Crippen molar-refractivity contribution in [3.8, 4) is 22.5 Å². The Morgan fingerprint density at radius 1 is 0.735 bits per heavy atom. The van der Waals surface area contributed by atoms with E-state index in [-0.39, 0.29) is 20.1 Å². The average molecular weight is 635 g/mol. The first-order valence-corrected chi connectivity index (χ1v) is 11.8. The van der Waals surface area contributed by atoms with Gasteiger partial charge in [-0.3, -0.25) is 0 Å². The predicted molar refractivity (Wildman–Crippen MR) is 139 cm³/mol. The molecule has 6 rings (SSSR count). The molecule has 3 aromatic carbocycles. The summed E-state index contributed by atoms with van der Waals surface area (Å²) >= 11 is 1.83. The van der Waals surface area contributed by atoms with E-state index in [1.807, 2.05) is 66.1 Å². The van der Waals surface area contributed by atoms with Crippen molar-refractivity contribution in [2.45, 2.75) is 13.3 Å². The van der Waals surface area contributed by atoms with Crippen molar-refractivity contribution in [3.05, 3.63) is 121 Å². The average Bonchev–Trinajstić information content (AvgIpc) is 3.29. The molecule has 0 saturated carbocycles. The van der Waals surface area contributed by atoms with Gasteiger partial charge in [0.2, 0.25) is 0 Å². The number of thiophene rings is 1. The zero-order valence-corrected chi connectivity index (χ0v) is 21.9. The Hall–Kier alpha value is -3.17. The Kier molecular flexibility index (Phi) is 7.97. The second kappa shape index (κ2) is 11.3. The first-order chi connectivity index (χ1) is 16.3. The van der Waals surface area contributed by atoms with Gasteiger partial charge in [-0.25, -0.2) is 0 Å². The third-order valence-electron chi connectivity index (χ3n) is 5.48. The summed E-state index contributed by atoms with van der Waals surface area (Å²) in [7, 11) is 0. The predicted octanol–water partition coefficient (Wildman–Crippen LogP) is 8.03. The van der Waals surface area contributed by atoms with Crippen molar-refractivity contribution in [1.82, 2.24) is 9.97 Å². The Balaban J connectivity index is 0.000000180. The molecule has 4 heteroatoms. The maximum absolute atomic E-state index is 4.55. The van der Waals surface area contributed by atoms with Gasteiger partial charge in [0.1, 0.15) is 0 Å². The van der Waals surface area contributed by atoms with Crippen molar-refractivity contribution < 1.29 is 20.1 Å². The number of pyridine rings is 2. The molecule has 34 heavy (non-hydrogen) atoms. The molecule has 0 unspecified atom stereocenters. The summed E-state index contributed by atoms with van der Waals surface area (Å²) in [5, 5.41) is 2.62. The Labute approximate surface area is 217 Å². The van der Waals surface area contributed by atoms with Gasteiger partial charge in [-0.1, -0.05) is 54.3 Å². The van der Waals surface area contributed by atoms with E-state index in [9.17, 15) is 0 Å². The molecule has 0 amide bonds. The number of hydrogen-bond donors (Lipinski definition) is 0. The number of nitrogens with zero attached hydrogens (tertiary/aromatic N) is 2. The number of rotatable bonds is 3. The molecule has 0 atom stereocenters. The van der Waals surface area contributed by atoms with Crippen LogP contribution in [0.3, 0.4) is 0 Å². The summed E-state index contributed by atoms with van der Waals surface area (Å²) in [4.78, 5) is 8.77. The normalized spacial score (nSPS) is 10.4. The third kappa shape index (κ3) is 5.15. The third-order valence-corrected chi connectivity index (χ3v) is 6.68. The van der Waals surface area contributed by atoms with Gasteiger partial charge < -0.3 is 9.97 Å². The van der Waals surface area contributed by atoms with Gasteiger partial charge in [0.25, 0.3) is 0 Å². The molecule has 3 heterocycles. The maximum atomic E-state index is 4.55. The summed E-state index contributed by atoms with van der Waals surface area (Å²) in [5.41, 5.74) is 5.46. The van der Waals surface area contributed by atoms with Crippen LogP contribution in [0.15, 0.2) is 103 Å². The van der Waals surface area contributed by atoms with Crippen LogP contribution >= 0.6 is 11.3 Å². The van der Waals surface area contributed by atoms with Crippen molar-refractivity contribution in [2.75, 3.05) is 0 Å². The summed E-state index contributed by atoms with van der Waals surface area (Å²) in [6.45, 7) is 2.17. The molecule has 0 fully saturated rings. The Morgan fingerprint density at radius 3 is 2.35 bits per heavy atom. The smallest absolute Gasteiger partial charge is 0.0239 e. The van der Waals surface area contributed by atoms with E-state index in [1.54, 1.807) is 6.20 Å². The van der Waals surface area contributed by atoms with Gasteiger partial charge in [-0.05, 0) is 46.1 Å². The first-order valence-electron chi connectivity index (χ1n) is 11.0. The molecule has 0 spiro atoms. The zero-order valence-electron chi connectivity index (χ0n) is 18.7. The number of benzene rings is 3. The standard InChI is InChI=1S/C19H14NS.C11H8N.Ir/c1-2-13-10-11-20-17(12-13)16-8-5-7-15-14-6-3-4-9-18(14)21-19(15)16;1-2-6-10(7-3-1)11-8-4-5-9-12-11;/h3-7,9-12H,2H2,1H3;1-6,8-9H;/q2*-1;. The van der Waals surface area contributed by atoms with Gasteiger partial charge in [0.05, 0.1) is 0 Å². The van der Waals surface area contributed by atoms with Crippen LogP contribution in [-0.4, -0.2) is 9.97 Å². The Bertz CT molecular complexity index is 1460. The minimum Gasteiger partial charge on any atom is -0.305 e. The molecule has 6 aromatic rings. The number of fused-ring (bicyclic) bond motifs is 3.